The third-order valence-electron chi connectivity index (χ3n) is 4.93. The van der Waals surface area contributed by atoms with Crippen molar-refractivity contribution < 1.29 is 24.2 Å². The second-order valence-electron chi connectivity index (χ2n) is 7.07. The maximum atomic E-state index is 12.6. The zero-order chi connectivity index (χ0) is 18.9. The number of amides is 1. The van der Waals surface area contributed by atoms with E-state index >= 15 is 0 Å². The Morgan fingerprint density at radius 3 is 2.46 bits per heavy atom. The van der Waals surface area contributed by atoms with E-state index in [4.69, 9.17) is 9.52 Å². The number of aliphatic carboxylic acids is 1. The lowest BCUT2D eigenvalue weighted by atomic mass is 9.91. The van der Waals surface area contributed by atoms with Crippen LogP contribution in [0.5, 0.6) is 0 Å². The standard InChI is InChI=1S/C20H23NO5/c1-13(2)14-4-3-5-15(12-14)16-6-7-17(26-16)18(22)21-10-8-20(25,9-11-21)19(23)24/h3-7,12-13,25H,8-11H2,1-2H3,(H,23,24). The first kappa shape index (κ1) is 18.2. The first-order chi connectivity index (χ1) is 12.3. The number of furan rings is 1. The second-order valence-corrected chi connectivity index (χ2v) is 7.07. The van der Waals surface area contributed by atoms with Gasteiger partial charge in [0.25, 0.3) is 5.91 Å². The number of carbonyl (C=O) groups excluding carboxylic acids is 1. The average molecular weight is 357 g/mol. The number of carboxylic acids is 1. The number of carboxylic acid groups (broad SMARTS) is 1. The van der Waals surface area contributed by atoms with Crippen LogP contribution in [0.25, 0.3) is 11.3 Å². The van der Waals surface area contributed by atoms with Gasteiger partial charge in [0.05, 0.1) is 0 Å². The summed E-state index contributed by atoms with van der Waals surface area (Å²) in [5.74, 6) is -0.295. The van der Waals surface area contributed by atoms with Crippen molar-refractivity contribution >= 4 is 11.9 Å². The van der Waals surface area contributed by atoms with E-state index in [1.165, 1.54) is 10.5 Å². The van der Waals surface area contributed by atoms with Crippen molar-refractivity contribution in [2.45, 2.75) is 38.2 Å². The van der Waals surface area contributed by atoms with Gasteiger partial charge in [0.2, 0.25) is 0 Å². The molecular weight excluding hydrogens is 334 g/mol. The van der Waals surface area contributed by atoms with E-state index in [-0.39, 0.29) is 37.6 Å². The first-order valence-corrected chi connectivity index (χ1v) is 8.75. The highest BCUT2D eigenvalue weighted by molar-refractivity contribution is 5.92. The van der Waals surface area contributed by atoms with Gasteiger partial charge in [-0.1, -0.05) is 32.0 Å². The lowest BCUT2D eigenvalue weighted by molar-refractivity contribution is -0.162. The van der Waals surface area contributed by atoms with Gasteiger partial charge >= 0.3 is 5.97 Å². The van der Waals surface area contributed by atoms with E-state index in [1.807, 2.05) is 18.2 Å². The molecule has 3 rings (SSSR count). The fourth-order valence-corrected chi connectivity index (χ4v) is 3.11. The maximum absolute atomic E-state index is 12.6. The molecule has 6 nitrogen and oxygen atoms in total. The lowest BCUT2D eigenvalue weighted by Gasteiger charge is -2.34. The Hall–Kier alpha value is -2.60. The zero-order valence-corrected chi connectivity index (χ0v) is 14.9. The normalized spacial score (nSPS) is 16.7. The van der Waals surface area contributed by atoms with Crippen LogP contribution in [-0.2, 0) is 4.79 Å². The smallest absolute Gasteiger partial charge is 0.335 e. The van der Waals surface area contributed by atoms with Crippen molar-refractivity contribution in [2.75, 3.05) is 13.1 Å². The molecule has 1 aromatic heterocycles. The Balaban J connectivity index is 1.73. The molecule has 0 atom stereocenters. The second kappa shape index (κ2) is 6.96. The molecule has 1 saturated heterocycles. The Morgan fingerprint density at radius 2 is 1.85 bits per heavy atom. The molecular formula is C20H23NO5. The van der Waals surface area contributed by atoms with Crippen molar-refractivity contribution in [2.24, 2.45) is 0 Å². The fraction of sp³-hybridized carbons (Fsp3) is 0.400. The van der Waals surface area contributed by atoms with Gasteiger partial charge in [-0.2, -0.15) is 0 Å². The molecule has 0 radical (unpaired) electrons. The highest BCUT2D eigenvalue weighted by atomic mass is 16.4. The SMILES string of the molecule is CC(C)c1cccc(-c2ccc(C(=O)N3CCC(O)(C(=O)O)CC3)o2)c1. The number of likely N-dealkylation sites (tertiary alicyclic amines) is 1. The summed E-state index contributed by atoms with van der Waals surface area (Å²) in [7, 11) is 0. The number of nitrogens with zero attached hydrogens (tertiary/aromatic N) is 1. The summed E-state index contributed by atoms with van der Waals surface area (Å²) in [4.78, 5) is 25.2. The minimum atomic E-state index is -1.75. The maximum Gasteiger partial charge on any atom is 0.335 e. The average Bonchev–Trinajstić information content (AvgIpc) is 3.12. The Kier molecular flexibility index (Phi) is 4.87. The third kappa shape index (κ3) is 3.51. The predicted molar refractivity (Wildman–Crippen MR) is 96.0 cm³/mol. The highest BCUT2D eigenvalue weighted by Crippen LogP contribution is 2.28. The van der Waals surface area contributed by atoms with Crippen LogP contribution in [-0.4, -0.2) is 45.7 Å². The van der Waals surface area contributed by atoms with Gasteiger partial charge in [0.15, 0.2) is 11.4 Å². The monoisotopic (exact) mass is 357 g/mol. The summed E-state index contributed by atoms with van der Waals surface area (Å²) in [6.07, 6.45) is 0.0240. The molecule has 1 aliphatic heterocycles. The Bertz CT molecular complexity index is 815. The van der Waals surface area contributed by atoms with Gasteiger partial charge in [0, 0.05) is 31.5 Å². The molecule has 0 unspecified atom stereocenters. The summed E-state index contributed by atoms with van der Waals surface area (Å²) in [5, 5.41) is 19.0. The minimum Gasteiger partial charge on any atom is -0.479 e. The van der Waals surface area contributed by atoms with E-state index in [9.17, 15) is 14.7 Å². The number of benzene rings is 1. The van der Waals surface area contributed by atoms with Gasteiger partial charge in [-0.3, -0.25) is 4.79 Å². The number of piperidine rings is 1. The van der Waals surface area contributed by atoms with Gasteiger partial charge in [-0.15, -0.1) is 0 Å². The molecule has 1 aliphatic rings. The molecule has 0 aliphatic carbocycles. The van der Waals surface area contributed by atoms with Crippen LogP contribution in [0.1, 0.15) is 48.7 Å². The van der Waals surface area contributed by atoms with Crippen molar-refractivity contribution in [3.63, 3.8) is 0 Å². The highest BCUT2D eigenvalue weighted by Gasteiger charge is 2.40. The van der Waals surface area contributed by atoms with E-state index in [0.29, 0.717) is 11.7 Å². The summed E-state index contributed by atoms with van der Waals surface area (Å²) in [6, 6.07) is 11.4. The molecule has 0 saturated carbocycles. The van der Waals surface area contributed by atoms with Crippen molar-refractivity contribution in [3.8, 4) is 11.3 Å². The van der Waals surface area contributed by atoms with Crippen LogP contribution in [0.3, 0.4) is 0 Å². The summed E-state index contributed by atoms with van der Waals surface area (Å²) >= 11 is 0. The number of hydrogen-bond acceptors (Lipinski definition) is 4. The van der Waals surface area contributed by atoms with Crippen molar-refractivity contribution in [1.82, 2.24) is 4.90 Å². The molecule has 138 valence electrons. The Labute approximate surface area is 152 Å². The van der Waals surface area contributed by atoms with Gasteiger partial charge in [-0.25, -0.2) is 4.79 Å². The molecule has 2 heterocycles. The van der Waals surface area contributed by atoms with E-state index in [2.05, 4.69) is 19.9 Å². The minimum absolute atomic E-state index is 0.0120. The van der Waals surface area contributed by atoms with E-state index in [1.54, 1.807) is 12.1 Å². The number of carbonyl (C=O) groups is 2. The van der Waals surface area contributed by atoms with Gasteiger partial charge in [-0.05, 0) is 29.7 Å². The van der Waals surface area contributed by atoms with Crippen LogP contribution >= 0.6 is 0 Å². The first-order valence-electron chi connectivity index (χ1n) is 8.75. The zero-order valence-electron chi connectivity index (χ0n) is 14.9. The molecule has 1 fully saturated rings. The molecule has 0 spiro atoms. The van der Waals surface area contributed by atoms with Gasteiger partial charge < -0.3 is 19.5 Å². The number of rotatable bonds is 4. The predicted octanol–water partition coefficient (Wildman–Crippen LogP) is 3.12. The molecule has 1 aromatic carbocycles. The van der Waals surface area contributed by atoms with Crippen LogP contribution in [0.4, 0.5) is 0 Å². The Morgan fingerprint density at radius 1 is 1.15 bits per heavy atom. The van der Waals surface area contributed by atoms with Gasteiger partial charge in [0.1, 0.15) is 5.76 Å². The summed E-state index contributed by atoms with van der Waals surface area (Å²) in [6.45, 7) is 4.59. The lowest BCUT2D eigenvalue weighted by Crippen LogP contribution is -2.50. The third-order valence-corrected chi connectivity index (χ3v) is 4.93. The van der Waals surface area contributed by atoms with Crippen LogP contribution < -0.4 is 0 Å². The van der Waals surface area contributed by atoms with Crippen LogP contribution in [0.2, 0.25) is 0 Å². The summed E-state index contributed by atoms with van der Waals surface area (Å²) < 4.78 is 5.75. The molecule has 1 amide bonds. The fourth-order valence-electron chi connectivity index (χ4n) is 3.11. The number of hydrogen-bond donors (Lipinski definition) is 2. The molecule has 0 bridgehead atoms. The van der Waals surface area contributed by atoms with E-state index < -0.39 is 11.6 Å². The largest absolute Gasteiger partial charge is 0.479 e. The summed E-state index contributed by atoms with van der Waals surface area (Å²) in [5.41, 5.74) is 0.354. The molecule has 6 heteroatoms. The number of aliphatic hydroxyl groups is 1. The van der Waals surface area contributed by atoms with Crippen molar-refractivity contribution in [3.05, 3.63) is 47.7 Å². The molecule has 26 heavy (non-hydrogen) atoms. The molecule has 2 N–H and O–H groups in total. The van der Waals surface area contributed by atoms with Crippen LogP contribution in [0.15, 0.2) is 40.8 Å². The quantitative estimate of drug-likeness (QED) is 0.877. The van der Waals surface area contributed by atoms with E-state index in [0.717, 1.165) is 5.56 Å². The van der Waals surface area contributed by atoms with Crippen molar-refractivity contribution in [1.29, 1.82) is 0 Å². The topological polar surface area (TPSA) is 91.0 Å². The molecule has 2 aromatic rings. The van der Waals surface area contributed by atoms with Crippen LogP contribution in [0, 0.1) is 0 Å².